The number of imidazole rings is 2. The smallest absolute Gasteiger partial charge is 0.101 e. The third-order valence-electron chi connectivity index (χ3n) is 5.66. The van der Waals surface area contributed by atoms with Gasteiger partial charge in [0.25, 0.3) is 0 Å². The highest BCUT2D eigenvalue weighted by molar-refractivity contribution is 5.94. The van der Waals surface area contributed by atoms with Crippen LogP contribution in [-0.4, -0.2) is 19.1 Å². The summed E-state index contributed by atoms with van der Waals surface area (Å²) in [7, 11) is 0. The average Bonchev–Trinajstić information content (AvgIpc) is 3.53. The van der Waals surface area contributed by atoms with Crippen LogP contribution in [0.2, 0.25) is 0 Å². The van der Waals surface area contributed by atoms with Crippen LogP contribution in [-0.2, 0) is 0 Å². The maximum atomic E-state index is 9.68. The second-order valence-corrected chi connectivity index (χ2v) is 7.57. The fourth-order valence-corrected chi connectivity index (χ4v) is 4.13. The van der Waals surface area contributed by atoms with E-state index in [0.717, 1.165) is 0 Å². The summed E-state index contributed by atoms with van der Waals surface area (Å²) in [5, 5.41) is 57.2. The van der Waals surface area contributed by atoms with Gasteiger partial charge in [0, 0.05) is 0 Å². The monoisotopic (exact) mass is 460 g/mol. The first-order chi connectivity index (χ1) is 17.6. The number of fused-ring (bicyclic) bond motifs is 2. The fraction of sp³-hybridized carbons (Fsp3) is 0. The first-order valence-electron chi connectivity index (χ1n) is 10.2. The van der Waals surface area contributed by atoms with Crippen LogP contribution in [0.4, 0.5) is 0 Å². The van der Waals surface area contributed by atoms with Gasteiger partial charge in [-0.1, -0.05) is 0 Å². The van der Waals surface area contributed by atoms with Gasteiger partial charge in [-0.3, -0.25) is 9.13 Å². The Morgan fingerprint density at radius 3 is 1.08 bits per heavy atom. The molecule has 0 saturated heterocycles. The van der Waals surface area contributed by atoms with Crippen molar-refractivity contribution in [3.05, 3.63) is 82.4 Å². The topological polar surface area (TPSA) is 178 Å². The number of benzene rings is 3. The average molecular weight is 460 g/mol. The van der Waals surface area contributed by atoms with E-state index in [9.17, 15) is 31.6 Å². The second-order valence-electron chi connectivity index (χ2n) is 7.57. The van der Waals surface area contributed by atoms with Crippen molar-refractivity contribution in [1.82, 2.24) is 19.1 Å². The number of hydrogen-bond acceptors (Lipinski definition) is 8. The summed E-state index contributed by atoms with van der Waals surface area (Å²) in [4.78, 5) is 8.86. The maximum absolute atomic E-state index is 9.68. The Kier molecular flexibility index (Phi) is 4.84. The molecule has 0 aliphatic heterocycles. The van der Waals surface area contributed by atoms with Crippen molar-refractivity contribution in [2.75, 3.05) is 0 Å². The first-order valence-corrected chi connectivity index (χ1v) is 10.2. The predicted octanol–water partition coefficient (Wildman–Crippen LogP) is 3.59. The van der Waals surface area contributed by atoms with Gasteiger partial charge in [0.05, 0.1) is 79.0 Å². The standard InChI is InChI=1S/C26H8N10/c27-7-15-1-17(9-29)25(18(2-15)10-30)35-13-33-21-6-24-22(5-23(21)35)34-14-36(24)26-19(11-31)3-16(8-28)4-20(26)12-32/h1-6,13-14H. The summed E-state index contributed by atoms with van der Waals surface area (Å²) in [6, 6.07) is 21.1. The Morgan fingerprint density at radius 2 is 0.806 bits per heavy atom. The highest BCUT2D eigenvalue weighted by Gasteiger charge is 2.19. The SMILES string of the molecule is N#Cc1cc(C#N)c(-n2cnc3cc4c(cc32)ncn4-c2c(C#N)cc(C#N)cc2C#N)c(C#N)c1. The van der Waals surface area contributed by atoms with Gasteiger partial charge in [-0.15, -0.1) is 0 Å². The summed E-state index contributed by atoms with van der Waals surface area (Å²) < 4.78 is 3.18. The van der Waals surface area contributed by atoms with Crippen molar-refractivity contribution in [3.8, 4) is 47.8 Å². The van der Waals surface area contributed by atoms with Crippen LogP contribution in [0.1, 0.15) is 33.4 Å². The second kappa shape index (κ2) is 8.15. The van der Waals surface area contributed by atoms with Gasteiger partial charge in [0.15, 0.2) is 0 Å². The lowest BCUT2D eigenvalue weighted by Gasteiger charge is -2.11. The molecular weight excluding hydrogens is 452 g/mol. The molecule has 0 N–H and O–H groups in total. The molecule has 0 atom stereocenters. The molecule has 0 saturated carbocycles. The van der Waals surface area contributed by atoms with Crippen LogP contribution < -0.4 is 0 Å². The summed E-state index contributed by atoms with van der Waals surface area (Å²) in [5.74, 6) is 0. The van der Waals surface area contributed by atoms with Crippen molar-refractivity contribution < 1.29 is 0 Å². The molecule has 2 heterocycles. The minimum absolute atomic E-state index is 0.144. The number of nitrogens with zero attached hydrogens (tertiary/aromatic N) is 10. The molecule has 5 rings (SSSR count). The van der Waals surface area contributed by atoms with Gasteiger partial charge in [0.1, 0.15) is 36.9 Å². The van der Waals surface area contributed by atoms with Crippen molar-refractivity contribution >= 4 is 22.1 Å². The van der Waals surface area contributed by atoms with E-state index in [-0.39, 0.29) is 33.4 Å². The molecule has 0 radical (unpaired) electrons. The molecule has 36 heavy (non-hydrogen) atoms. The Bertz CT molecular complexity index is 1800. The van der Waals surface area contributed by atoms with Crippen LogP contribution in [0, 0.1) is 68.0 Å². The van der Waals surface area contributed by atoms with E-state index in [2.05, 4.69) is 9.97 Å². The third-order valence-corrected chi connectivity index (χ3v) is 5.66. The van der Waals surface area contributed by atoms with Gasteiger partial charge in [-0.2, -0.15) is 31.6 Å². The van der Waals surface area contributed by atoms with E-state index in [0.29, 0.717) is 33.4 Å². The molecule has 0 aliphatic rings. The normalized spacial score (nSPS) is 10.1. The summed E-state index contributed by atoms with van der Waals surface area (Å²) in [6.45, 7) is 0. The minimum atomic E-state index is 0.144. The fourth-order valence-electron chi connectivity index (χ4n) is 4.13. The lowest BCUT2D eigenvalue weighted by atomic mass is 10.0. The lowest BCUT2D eigenvalue weighted by Crippen LogP contribution is -2.02. The summed E-state index contributed by atoms with van der Waals surface area (Å²) in [6.07, 6.45) is 2.94. The van der Waals surface area contributed by atoms with Crippen LogP contribution in [0.15, 0.2) is 49.1 Å². The molecule has 0 aliphatic carbocycles. The van der Waals surface area contributed by atoms with E-state index in [1.165, 1.54) is 36.9 Å². The summed E-state index contributed by atoms with van der Waals surface area (Å²) in [5.41, 5.74) is 3.70. The minimum Gasteiger partial charge on any atom is -0.296 e. The van der Waals surface area contributed by atoms with Crippen molar-refractivity contribution in [1.29, 1.82) is 31.6 Å². The van der Waals surface area contributed by atoms with E-state index >= 15 is 0 Å². The predicted molar refractivity (Wildman–Crippen MR) is 124 cm³/mol. The van der Waals surface area contributed by atoms with Crippen LogP contribution in [0.5, 0.6) is 0 Å². The highest BCUT2D eigenvalue weighted by atomic mass is 15.1. The van der Waals surface area contributed by atoms with E-state index in [1.54, 1.807) is 21.3 Å². The molecule has 3 aromatic carbocycles. The molecule has 162 valence electrons. The first kappa shape index (κ1) is 21.4. The Hall–Kier alpha value is -6.46. The van der Waals surface area contributed by atoms with Crippen LogP contribution >= 0.6 is 0 Å². The zero-order valence-electron chi connectivity index (χ0n) is 18.1. The number of aromatic nitrogens is 4. The van der Waals surface area contributed by atoms with Crippen molar-refractivity contribution in [2.24, 2.45) is 0 Å². The maximum Gasteiger partial charge on any atom is 0.101 e. The molecule has 0 bridgehead atoms. The van der Waals surface area contributed by atoms with Gasteiger partial charge in [-0.25, -0.2) is 9.97 Å². The molecule has 10 heteroatoms. The molecule has 0 spiro atoms. The lowest BCUT2D eigenvalue weighted by molar-refractivity contribution is 1.07. The number of rotatable bonds is 2. The zero-order chi connectivity index (χ0) is 25.4. The van der Waals surface area contributed by atoms with Crippen LogP contribution in [0.25, 0.3) is 33.4 Å². The van der Waals surface area contributed by atoms with Crippen molar-refractivity contribution in [2.45, 2.75) is 0 Å². The summed E-state index contributed by atoms with van der Waals surface area (Å²) >= 11 is 0. The number of hydrogen-bond donors (Lipinski definition) is 0. The molecule has 0 unspecified atom stereocenters. The molecular formula is C26H8N10. The van der Waals surface area contributed by atoms with Crippen LogP contribution in [0.3, 0.4) is 0 Å². The largest absolute Gasteiger partial charge is 0.296 e. The van der Waals surface area contributed by atoms with Gasteiger partial charge in [0.2, 0.25) is 0 Å². The van der Waals surface area contributed by atoms with E-state index in [4.69, 9.17) is 0 Å². The van der Waals surface area contributed by atoms with Gasteiger partial charge >= 0.3 is 0 Å². The Balaban J connectivity index is 1.79. The van der Waals surface area contributed by atoms with E-state index < -0.39 is 0 Å². The highest BCUT2D eigenvalue weighted by Crippen LogP contribution is 2.31. The third kappa shape index (κ3) is 3.07. The quantitative estimate of drug-likeness (QED) is 0.383. The number of nitriles is 6. The molecule has 0 fully saturated rings. The molecule has 2 aromatic heterocycles. The molecule has 0 amide bonds. The molecule has 5 aromatic rings. The Morgan fingerprint density at radius 1 is 0.472 bits per heavy atom. The Labute approximate surface area is 203 Å². The van der Waals surface area contributed by atoms with Gasteiger partial charge < -0.3 is 0 Å². The van der Waals surface area contributed by atoms with Gasteiger partial charge in [-0.05, 0) is 36.4 Å². The molecule has 10 nitrogen and oxygen atoms in total. The van der Waals surface area contributed by atoms with Crippen molar-refractivity contribution in [3.63, 3.8) is 0 Å². The zero-order valence-corrected chi connectivity index (χ0v) is 18.1. The van der Waals surface area contributed by atoms with E-state index in [1.807, 2.05) is 36.4 Å².